The molecule has 0 unspecified atom stereocenters. The molecule has 1 amide bonds. The Balaban J connectivity index is 1.66. The minimum atomic E-state index is 0.197. The van der Waals surface area contributed by atoms with E-state index in [1.807, 2.05) is 56.4 Å². The van der Waals surface area contributed by atoms with Gasteiger partial charge < -0.3 is 9.80 Å². The Labute approximate surface area is 138 Å². The maximum atomic E-state index is 12.7. The van der Waals surface area contributed by atoms with Crippen LogP contribution in [0.3, 0.4) is 0 Å². The molecule has 1 saturated carbocycles. The first-order chi connectivity index (χ1) is 11.1. The molecule has 0 N–H and O–H groups in total. The monoisotopic (exact) mass is 308 g/mol. The van der Waals surface area contributed by atoms with Gasteiger partial charge in [0.15, 0.2) is 0 Å². The van der Waals surface area contributed by atoms with E-state index in [0.717, 1.165) is 17.8 Å². The van der Waals surface area contributed by atoms with Crippen LogP contribution in [-0.2, 0) is 4.79 Å². The number of amides is 1. The van der Waals surface area contributed by atoms with Crippen molar-refractivity contribution in [2.75, 3.05) is 30.9 Å². The van der Waals surface area contributed by atoms with Gasteiger partial charge in [0.1, 0.15) is 0 Å². The number of carbonyl (C=O) groups excluding carboxylic acids is 1. The number of hydrogen-bond donors (Lipinski definition) is 0. The summed E-state index contributed by atoms with van der Waals surface area (Å²) in [6.07, 6.45) is 1.75. The predicted molar refractivity (Wildman–Crippen MR) is 96.1 cm³/mol. The summed E-state index contributed by atoms with van der Waals surface area (Å²) >= 11 is 0. The molecule has 1 fully saturated rings. The fourth-order valence-electron chi connectivity index (χ4n) is 3.20. The highest BCUT2D eigenvalue weighted by Crippen LogP contribution is 2.49. The minimum absolute atomic E-state index is 0.197. The number of para-hydroxylation sites is 2. The van der Waals surface area contributed by atoms with Crippen molar-refractivity contribution in [3.05, 3.63) is 60.2 Å². The molecule has 0 aromatic heterocycles. The lowest BCUT2D eigenvalue weighted by atomic mass is 10.1. The van der Waals surface area contributed by atoms with Gasteiger partial charge in [0.2, 0.25) is 5.91 Å². The van der Waals surface area contributed by atoms with Gasteiger partial charge in [-0.3, -0.25) is 4.79 Å². The molecule has 3 nitrogen and oxygen atoms in total. The lowest BCUT2D eigenvalue weighted by Crippen LogP contribution is -2.28. The third kappa shape index (κ3) is 3.39. The predicted octanol–water partition coefficient (Wildman–Crippen LogP) is 3.91. The van der Waals surface area contributed by atoms with Crippen LogP contribution in [-0.4, -0.2) is 27.1 Å². The maximum absolute atomic E-state index is 12.7. The minimum Gasteiger partial charge on any atom is -0.376 e. The van der Waals surface area contributed by atoms with Gasteiger partial charge in [0.25, 0.3) is 0 Å². The van der Waals surface area contributed by atoms with Crippen LogP contribution in [0, 0.1) is 5.92 Å². The zero-order chi connectivity index (χ0) is 16.4. The molecule has 120 valence electrons. The van der Waals surface area contributed by atoms with E-state index in [2.05, 4.69) is 24.3 Å². The molecule has 0 saturated heterocycles. The topological polar surface area (TPSA) is 23.6 Å². The Morgan fingerprint density at radius 1 is 0.957 bits per heavy atom. The Bertz CT molecular complexity index is 681. The van der Waals surface area contributed by atoms with Crippen molar-refractivity contribution in [3.63, 3.8) is 0 Å². The molecule has 3 heteroatoms. The number of benzene rings is 2. The third-order valence-corrected chi connectivity index (χ3v) is 4.69. The fraction of sp³-hybridized carbons (Fsp3) is 0.350. The lowest BCUT2D eigenvalue weighted by molar-refractivity contribution is -0.118. The van der Waals surface area contributed by atoms with Crippen LogP contribution in [0.25, 0.3) is 0 Å². The first kappa shape index (κ1) is 15.6. The maximum Gasteiger partial charge on any atom is 0.227 e. The van der Waals surface area contributed by atoms with Crippen LogP contribution >= 0.6 is 0 Å². The van der Waals surface area contributed by atoms with Gasteiger partial charge >= 0.3 is 0 Å². The van der Waals surface area contributed by atoms with Crippen molar-refractivity contribution in [2.45, 2.75) is 18.8 Å². The van der Waals surface area contributed by atoms with Gasteiger partial charge in [0, 0.05) is 27.6 Å². The molecule has 0 aliphatic heterocycles. The highest BCUT2D eigenvalue weighted by molar-refractivity contribution is 5.96. The Morgan fingerprint density at radius 2 is 1.57 bits per heavy atom. The van der Waals surface area contributed by atoms with Gasteiger partial charge in [-0.2, -0.15) is 0 Å². The number of nitrogens with zero attached hydrogens (tertiary/aromatic N) is 2. The summed E-state index contributed by atoms with van der Waals surface area (Å²) in [5, 5.41) is 0. The van der Waals surface area contributed by atoms with Crippen molar-refractivity contribution in [1.82, 2.24) is 0 Å². The van der Waals surface area contributed by atoms with E-state index < -0.39 is 0 Å². The van der Waals surface area contributed by atoms with E-state index in [1.54, 1.807) is 4.90 Å². The van der Waals surface area contributed by atoms with Gasteiger partial charge in [0.05, 0.1) is 11.4 Å². The van der Waals surface area contributed by atoms with Gasteiger partial charge in [-0.1, -0.05) is 42.5 Å². The highest BCUT2D eigenvalue weighted by Gasteiger charge is 2.40. The largest absolute Gasteiger partial charge is 0.376 e. The van der Waals surface area contributed by atoms with E-state index in [-0.39, 0.29) is 5.91 Å². The molecule has 2 aromatic carbocycles. The van der Waals surface area contributed by atoms with Crippen LogP contribution < -0.4 is 9.80 Å². The van der Waals surface area contributed by atoms with Crippen LogP contribution in [0.1, 0.15) is 24.3 Å². The third-order valence-electron chi connectivity index (χ3n) is 4.69. The van der Waals surface area contributed by atoms with Crippen LogP contribution in [0.4, 0.5) is 11.4 Å². The second kappa shape index (κ2) is 6.45. The second-order valence-corrected chi connectivity index (χ2v) is 6.55. The van der Waals surface area contributed by atoms with Crippen LogP contribution in [0.2, 0.25) is 0 Å². The van der Waals surface area contributed by atoms with Crippen molar-refractivity contribution >= 4 is 17.3 Å². The lowest BCUT2D eigenvalue weighted by Gasteiger charge is -2.24. The van der Waals surface area contributed by atoms with E-state index >= 15 is 0 Å². The average molecular weight is 308 g/mol. The molecule has 0 spiro atoms. The van der Waals surface area contributed by atoms with Crippen molar-refractivity contribution in [2.24, 2.45) is 5.92 Å². The summed E-state index contributed by atoms with van der Waals surface area (Å²) in [6.45, 7) is 0. The number of carbonyl (C=O) groups is 1. The zero-order valence-electron chi connectivity index (χ0n) is 14.1. The Morgan fingerprint density at radius 3 is 2.22 bits per heavy atom. The van der Waals surface area contributed by atoms with E-state index in [1.165, 1.54) is 5.56 Å². The molecule has 23 heavy (non-hydrogen) atoms. The standard InChI is InChI=1S/C20H24N2O/c1-21(2)18-11-7-8-12-19(18)22(3)20(23)14-16-13-17(16)15-9-5-4-6-10-15/h4-12,16-17H,13-14H2,1-3H3/t16-,17-/m0/s1. The fourth-order valence-corrected chi connectivity index (χ4v) is 3.20. The molecule has 2 atom stereocenters. The first-order valence-electron chi connectivity index (χ1n) is 8.15. The summed E-state index contributed by atoms with van der Waals surface area (Å²) in [5.74, 6) is 1.24. The molecule has 2 aromatic rings. The Hall–Kier alpha value is -2.29. The van der Waals surface area contributed by atoms with Gasteiger partial charge in [-0.25, -0.2) is 0 Å². The average Bonchev–Trinajstić information content (AvgIpc) is 3.34. The first-order valence-corrected chi connectivity index (χ1v) is 8.15. The molecular formula is C20H24N2O. The molecule has 0 bridgehead atoms. The van der Waals surface area contributed by atoms with Crippen molar-refractivity contribution in [3.8, 4) is 0 Å². The van der Waals surface area contributed by atoms with Crippen LogP contribution in [0.5, 0.6) is 0 Å². The normalized spacial score (nSPS) is 19.3. The summed E-state index contributed by atoms with van der Waals surface area (Å²) < 4.78 is 0. The molecular weight excluding hydrogens is 284 g/mol. The van der Waals surface area contributed by atoms with Gasteiger partial charge in [-0.15, -0.1) is 0 Å². The van der Waals surface area contributed by atoms with Crippen molar-refractivity contribution < 1.29 is 4.79 Å². The smallest absolute Gasteiger partial charge is 0.227 e. The quantitative estimate of drug-likeness (QED) is 0.836. The number of anilines is 2. The van der Waals surface area contributed by atoms with E-state index in [9.17, 15) is 4.79 Å². The van der Waals surface area contributed by atoms with Gasteiger partial charge in [-0.05, 0) is 36.0 Å². The molecule has 0 heterocycles. The zero-order valence-corrected chi connectivity index (χ0v) is 14.1. The second-order valence-electron chi connectivity index (χ2n) is 6.55. The van der Waals surface area contributed by atoms with E-state index in [4.69, 9.17) is 0 Å². The van der Waals surface area contributed by atoms with E-state index in [0.29, 0.717) is 18.3 Å². The summed E-state index contributed by atoms with van der Waals surface area (Å²) in [4.78, 5) is 16.5. The highest BCUT2D eigenvalue weighted by atomic mass is 16.2. The summed E-state index contributed by atoms with van der Waals surface area (Å²) in [6, 6.07) is 18.6. The molecule has 1 aliphatic rings. The van der Waals surface area contributed by atoms with Crippen molar-refractivity contribution in [1.29, 1.82) is 0 Å². The molecule has 0 radical (unpaired) electrons. The van der Waals surface area contributed by atoms with Crippen LogP contribution in [0.15, 0.2) is 54.6 Å². The number of hydrogen-bond acceptors (Lipinski definition) is 2. The number of rotatable bonds is 5. The summed E-state index contributed by atoms with van der Waals surface area (Å²) in [7, 11) is 5.89. The SMILES string of the molecule is CN(C)c1ccccc1N(C)C(=O)C[C@@H]1C[C@H]1c1ccccc1. The molecule has 3 rings (SSSR count). The Kier molecular flexibility index (Phi) is 4.37. The summed E-state index contributed by atoms with van der Waals surface area (Å²) in [5.41, 5.74) is 3.40. The molecule has 1 aliphatic carbocycles.